The van der Waals surface area contributed by atoms with Crippen LogP contribution in [0.25, 0.3) is 0 Å². The van der Waals surface area contributed by atoms with E-state index in [9.17, 15) is 0 Å². The summed E-state index contributed by atoms with van der Waals surface area (Å²) in [6.07, 6.45) is 8.74. The van der Waals surface area contributed by atoms with Crippen molar-refractivity contribution in [2.24, 2.45) is 5.92 Å². The van der Waals surface area contributed by atoms with Gasteiger partial charge in [0.25, 0.3) is 5.97 Å². The first kappa shape index (κ1) is 18.2. The number of hydrogen-bond donors (Lipinski definition) is 1. The summed E-state index contributed by atoms with van der Waals surface area (Å²) < 4.78 is 16.2. The Bertz CT molecular complexity index is 176. The first-order valence-corrected chi connectivity index (χ1v) is 7.60. The molecular formula is C14H30O3S. The Kier molecular flexibility index (Phi) is 11.2. The molecule has 0 N–H and O–H groups in total. The van der Waals surface area contributed by atoms with E-state index in [0.29, 0.717) is 5.75 Å². The quantitative estimate of drug-likeness (QED) is 0.333. The molecule has 18 heavy (non-hydrogen) atoms. The van der Waals surface area contributed by atoms with E-state index in [1.54, 1.807) is 21.3 Å². The van der Waals surface area contributed by atoms with Crippen LogP contribution in [0.1, 0.15) is 51.9 Å². The standard InChI is InChI=1S/C14H30O3S/c1-5-6-7-8-9-10-11-13(12-18)14(15-2,16-3)17-4/h13,18H,5-12H2,1-4H3. The molecule has 1 atom stereocenters. The van der Waals surface area contributed by atoms with Crippen LogP contribution in [0, 0.1) is 5.92 Å². The minimum absolute atomic E-state index is 0.159. The second kappa shape index (κ2) is 11.1. The van der Waals surface area contributed by atoms with Gasteiger partial charge < -0.3 is 14.2 Å². The summed E-state index contributed by atoms with van der Waals surface area (Å²) in [7, 11) is 4.85. The zero-order valence-electron chi connectivity index (χ0n) is 12.4. The largest absolute Gasteiger partial charge is 0.331 e. The van der Waals surface area contributed by atoms with Crippen LogP contribution in [-0.2, 0) is 14.2 Å². The maximum atomic E-state index is 5.39. The van der Waals surface area contributed by atoms with Crippen LogP contribution >= 0.6 is 12.6 Å². The first-order valence-electron chi connectivity index (χ1n) is 6.97. The maximum absolute atomic E-state index is 5.39. The Morgan fingerprint density at radius 3 is 1.83 bits per heavy atom. The third-order valence-electron chi connectivity index (χ3n) is 3.48. The van der Waals surface area contributed by atoms with Gasteiger partial charge in [0, 0.05) is 33.0 Å². The Balaban J connectivity index is 4.01. The van der Waals surface area contributed by atoms with Gasteiger partial charge in [0.15, 0.2) is 0 Å². The van der Waals surface area contributed by atoms with Gasteiger partial charge in [-0.05, 0) is 6.42 Å². The monoisotopic (exact) mass is 278 g/mol. The molecule has 0 fully saturated rings. The topological polar surface area (TPSA) is 27.7 Å². The molecule has 0 amide bonds. The molecule has 0 radical (unpaired) electrons. The summed E-state index contributed by atoms with van der Waals surface area (Å²) in [6, 6.07) is 0. The third-order valence-corrected chi connectivity index (χ3v) is 3.92. The van der Waals surface area contributed by atoms with E-state index < -0.39 is 5.97 Å². The fourth-order valence-corrected chi connectivity index (χ4v) is 2.71. The second-order valence-electron chi connectivity index (χ2n) is 4.65. The first-order chi connectivity index (χ1) is 8.70. The molecule has 0 bridgehead atoms. The van der Waals surface area contributed by atoms with Gasteiger partial charge in [-0.3, -0.25) is 0 Å². The Labute approximate surface area is 118 Å². The molecule has 0 rings (SSSR count). The van der Waals surface area contributed by atoms with Crippen molar-refractivity contribution in [3.05, 3.63) is 0 Å². The van der Waals surface area contributed by atoms with Crippen molar-refractivity contribution in [3.8, 4) is 0 Å². The number of unbranched alkanes of at least 4 members (excludes halogenated alkanes) is 5. The van der Waals surface area contributed by atoms with Crippen molar-refractivity contribution in [2.75, 3.05) is 27.1 Å². The molecule has 0 saturated carbocycles. The molecule has 0 aliphatic heterocycles. The number of methoxy groups -OCH3 is 3. The molecule has 1 unspecified atom stereocenters. The van der Waals surface area contributed by atoms with Crippen molar-refractivity contribution in [2.45, 2.75) is 57.8 Å². The molecule has 0 aromatic rings. The molecule has 110 valence electrons. The van der Waals surface area contributed by atoms with Gasteiger partial charge in [0.2, 0.25) is 0 Å². The summed E-state index contributed by atoms with van der Waals surface area (Å²) in [5.74, 6) is -0.0812. The summed E-state index contributed by atoms with van der Waals surface area (Å²) in [4.78, 5) is 0. The smallest absolute Gasteiger partial charge is 0.285 e. The van der Waals surface area contributed by atoms with Crippen LogP contribution in [0.15, 0.2) is 0 Å². The van der Waals surface area contributed by atoms with E-state index in [4.69, 9.17) is 14.2 Å². The molecule has 4 heteroatoms. The van der Waals surface area contributed by atoms with Gasteiger partial charge in [0.1, 0.15) is 0 Å². The molecular weight excluding hydrogens is 248 g/mol. The maximum Gasteiger partial charge on any atom is 0.285 e. The normalized spacial score (nSPS) is 13.8. The van der Waals surface area contributed by atoms with Crippen molar-refractivity contribution in [1.82, 2.24) is 0 Å². The van der Waals surface area contributed by atoms with Crippen LogP contribution in [0.3, 0.4) is 0 Å². The average Bonchev–Trinajstić information content (AvgIpc) is 2.42. The highest BCUT2D eigenvalue weighted by molar-refractivity contribution is 7.80. The van der Waals surface area contributed by atoms with Gasteiger partial charge in [-0.15, -0.1) is 0 Å². The van der Waals surface area contributed by atoms with E-state index in [1.165, 1.54) is 38.5 Å². The second-order valence-corrected chi connectivity index (χ2v) is 5.02. The fraction of sp³-hybridized carbons (Fsp3) is 1.00. The lowest BCUT2D eigenvalue weighted by atomic mass is 9.99. The molecule has 3 nitrogen and oxygen atoms in total. The lowest BCUT2D eigenvalue weighted by Gasteiger charge is -2.35. The summed E-state index contributed by atoms with van der Waals surface area (Å²) in [5.41, 5.74) is 0. The predicted molar refractivity (Wildman–Crippen MR) is 79.1 cm³/mol. The number of ether oxygens (including phenoxy) is 3. The highest BCUT2D eigenvalue weighted by atomic mass is 32.1. The molecule has 0 spiro atoms. The fourth-order valence-electron chi connectivity index (χ4n) is 2.30. The predicted octanol–water partition coefficient (Wildman–Crippen LogP) is 3.88. The number of hydrogen-bond acceptors (Lipinski definition) is 4. The molecule has 0 heterocycles. The molecule has 0 aliphatic carbocycles. The Morgan fingerprint density at radius 2 is 1.39 bits per heavy atom. The van der Waals surface area contributed by atoms with Crippen LogP contribution < -0.4 is 0 Å². The SMILES string of the molecule is CCCCCCCCC(CS)C(OC)(OC)OC. The van der Waals surface area contributed by atoms with E-state index in [-0.39, 0.29) is 5.92 Å². The number of thiol groups is 1. The highest BCUT2D eigenvalue weighted by Gasteiger charge is 2.38. The zero-order chi connectivity index (χ0) is 13.9. The average molecular weight is 278 g/mol. The van der Waals surface area contributed by atoms with Crippen molar-refractivity contribution < 1.29 is 14.2 Å². The van der Waals surface area contributed by atoms with Crippen molar-refractivity contribution in [1.29, 1.82) is 0 Å². The summed E-state index contributed by atoms with van der Waals surface area (Å²) >= 11 is 4.39. The van der Waals surface area contributed by atoms with E-state index in [0.717, 1.165) is 6.42 Å². The zero-order valence-corrected chi connectivity index (χ0v) is 13.3. The number of rotatable bonds is 12. The van der Waals surface area contributed by atoms with Gasteiger partial charge in [0.05, 0.1) is 0 Å². The third kappa shape index (κ3) is 5.91. The molecule has 0 aromatic carbocycles. The van der Waals surface area contributed by atoms with Gasteiger partial charge in [-0.25, -0.2) is 0 Å². The molecule has 0 saturated heterocycles. The van der Waals surface area contributed by atoms with Crippen molar-refractivity contribution >= 4 is 12.6 Å². The molecule has 0 aromatic heterocycles. The Morgan fingerprint density at radius 1 is 0.889 bits per heavy atom. The molecule has 0 aliphatic rings. The van der Waals surface area contributed by atoms with E-state index in [1.807, 2.05) is 0 Å². The minimum Gasteiger partial charge on any atom is -0.331 e. The lowest BCUT2D eigenvalue weighted by Crippen LogP contribution is -2.44. The van der Waals surface area contributed by atoms with Crippen LogP contribution in [0.2, 0.25) is 0 Å². The lowest BCUT2D eigenvalue weighted by molar-refractivity contribution is -0.376. The van der Waals surface area contributed by atoms with E-state index >= 15 is 0 Å². The van der Waals surface area contributed by atoms with Crippen LogP contribution in [-0.4, -0.2) is 33.1 Å². The van der Waals surface area contributed by atoms with Crippen LogP contribution in [0.4, 0.5) is 0 Å². The summed E-state index contributed by atoms with van der Waals surface area (Å²) in [6.45, 7) is 2.24. The van der Waals surface area contributed by atoms with Crippen molar-refractivity contribution in [3.63, 3.8) is 0 Å². The minimum atomic E-state index is -0.939. The van der Waals surface area contributed by atoms with Gasteiger partial charge >= 0.3 is 0 Å². The van der Waals surface area contributed by atoms with Gasteiger partial charge in [-0.2, -0.15) is 12.6 Å². The van der Waals surface area contributed by atoms with Crippen LogP contribution in [0.5, 0.6) is 0 Å². The van der Waals surface area contributed by atoms with Gasteiger partial charge in [-0.1, -0.05) is 45.4 Å². The Hall–Kier alpha value is 0.230. The van der Waals surface area contributed by atoms with E-state index in [2.05, 4.69) is 19.6 Å². The summed E-state index contributed by atoms with van der Waals surface area (Å²) in [5, 5.41) is 0. The highest BCUT2D eigenvalue weighted by Crippen LogP contribution is 2.29.